The number of amides is 1. The summed E-state index contributed by atoms with van der Waals surface area (Å²) in [7, 11) is 0. The highest BCUT2D eigenvalue weighted by Gasteiger charge is 2.16. The molecule has 0 radical (unpaired) electrons. The van der Waals surface area contributed by atoms with Gasteiger partial charge in [-0.15, -0.1) is 5.10 Å². The summed E-state index contributed by atoms with van der Waals surface area (Å²) in [6.45, 7) is 4.25. The summed E-state index contributed by atoms with van der Waals surface area (Å²) >= 11 is 0. The maximum absolute atomic E-state index is 12.6. The third-order valence-electron chi connectivity index (χ3n) is 4.46. The first-order valence-corrected chi connectivity index (χ1v) is 8.76. The molecule has 0 aliphatic carbocycles. The van der Waals surface area contributed by atoms with Crippen molar-refractivity contribution in [2.75, 3.05) is 5.32 Å². The normalized spacial score (nSPS) is 10.8. The third-order valence-corrected chi connectivity index (χ3v) is 4.46. The summed E-state index contributed by atoms with van der Waals surface area (Å²) in [5.74, 6) is 0.818. The van der Waals surface area contributed by atoms with Crippen LogP contribution in [-0.4, -0.2) is 31.3 Å². The van der Waals surface area contributed by atoms with Gasteiger partial charge in [0.1, 0.15) is 11.5 Å². The van der Waals surface area contributed by atoms with Crippen molar-refractivity contribution in [2.24, 2.45) is 0 Å². The molecule has 0 atom stereocenters. The average Bonchev–Trinajstić information content (AvgIpc) is 3.29. The summed E-state index contributed by atoms with van der Waals surface area (Å²) in [5, 5.41) is 18.3. The van der Waals surface area contributed by atoms with E-state index in [1.54, 1.807) is 16.8 Å². The third kappa shape index (κ3) is 3.52. The highest BCUT2D eigenvalue weighted by Crippen LogP contribution is 2.28. The summed E-state index contributed by atoms with van der Waals surface area (Å²) in [6.07, 6.45) is 0. The predicted molar refractivity (Wildman–Crippen MR) is 103 cm³/mol. The molecule has 1 N–H and O–H groups in total. The van der Waals surface area contributed by atoms with Crippen LogP contribution in [0.15, 0.2) is 59.1 Å². The molecule has 0 unspecified atom stereocenters. The van der Waals surface area contributed by atoms with Gasteiger partial charge in [0, 0.05) is 16.7 Å². The number of aryl methyl sites for hydroxylation is 1. The summed E-state index contributed by atoms with van der Waals surface area (Å²) in [4.78, 5) is 12.6. The predicted octanol–water partition coefficient (Wildman–Crippen LogP) is 3.25. The molecular formula is C20H18N6O2. The molecule has 28 heavy (non-hydrogen) atoms. The van der Waals surface area contributed by atoms with Gasteiger partial charge in [-0.3, -0.25) is 10.1 Å². The molecule has 0 aliphatic rings. The number of anilines is 1. The Morgan fingerprint density at radius 2 is 1.82 bits per heavy atom. The van der Waals surface area contributed by atoms with E-state index in [0.717, 1.165) is 22.5 Å². The van der Waals surface area contributed by atoms with E-state index in [-0.39, 0.29) is 5.91 Å². The van der Waals surface area contributed by atoms with Crippen molar-refractivity contribution in [3.05, 3.63) is 77.1 Å². The Bertz CT molecular complexity index is 1100. The van der Waals surface area contributed by atoms with Crippen LogP contribution in [0.25, 0.3) is 11.3 Å². The van der Waals surface area contributed by atoms with Crippen molar-refractivity contribution in [3.63, 3.8) is 0 Å². The number of tetrazole rings is 1. The van der Waals surface area contributed by atoms with Crippen LogP contribution in [0.3, 0.4) is 0 Å². The van der Waals surface area contributed by atoms with E-state index >= 15 is 0 Å². The lowest BCUT2D eigenvalue weighted by molar-refractivity contribution is 0.102. The van der Waals surface area contributed by atoms with Crippen molar-refractivity contribution in [1.29, 1.82) is 0 Å². The zero-order valence-electron chi connectivity index (χ0n) is 15.5. The van der Waals surface area contributed by atoms with Gasteiger partial charge < -0.3 is 4.52 Å². The van der Waals surface area contributed by atoms with Crippen LogP contribution < -0.4 is 5.32 Å². The molecule has 2 heterocycles. The Balaban J connectivity index is 1.47. The molecule has 0 saturated carbocycles. The van der Waals surface area contributed by atoms with E-state index in [2.05, 4.69) is 26.0 Å². The number of carbonyl (C=O) groups is 1. The lowest BCUT2D eigenvalue weighted by Crippen LogP contribution is -2.12. The molecule has 0 bridgehead atoms. The Hall–Kier alpha value is -3.81. The fraction of sp³-hybridized carbons (Fsp3) is 0.150. The van der Waals surface area contributed by atoms with Crippen molar-refractivity contribution in [3.8, 4) is 11.3 Å². The second kappa shape index (κ2) is 7.43. The molecule has 4 rings (SSSR count). The zero-order chi connectivity index (χ0) is 19.5. The molecule has 2 aromatic carbocycles. The lowest BCUT2D eigenvalue weighted by Gasteiger charge is -2.05. The van der Waals surface area contributed by atoms with E-state index < -0.39 is 0 Å². The molecule has 0 aliphatic heterocycles. The topological polar surface area (TPSA) is 98.7 Å². The SMILES string of the molecule is Cc1c(-c2ccccc2)noc1NC(=O)c1ccc(Cn2nnnc2C)cc1. The van der Waals surface area contributed by atoms with Gasteiger partial charge in [-0.05, 0) is 42.0 Å². The summed E-state index contributed by atoms with van der Waals surface area (Å²) < 4.78 is 7.03. The maximum Gasteiger partial charge on any atom is 0.258 e. The molecule has 2 aromatic heterocycles. The van der Waals surface area contributed by atoms with Crippen LogP contribution >= 0.6 is 0 Å². The van der Waals surface area contributed by atoms with E-state index in [1.165, 1.54) is 0 Å². The van der Waals surface area contributed by atoms with Crippen molar-refractivity contribution in [2.45, 2.75) is 20.4 Å². The Morgan fingerprint density at radius 3 is 2.50 bits per heavy atom. The van der Waals surface area contributed by atoms with Gasteiger partial charge in [0.05, 0.1) is 6.54 Å². The van der Waals surface area contributed by atoms with Crippen molar-refractivity contribution in [1.82, 2.24) is 25.4 Å². The van der Waals surface area contributed by atoms with Crippen LogP contribution in [0.1, 0.15) is 27.3 Å². The highest BCUT2D eigenvalue weighted by atomic mass is 16.5. The van der Waals surface area contributed by atoms with Crippen molar-refractivity contribution < 1.29 is 9.32 Å². The number of benzene rings is 2. The van der Waals surface area contributed by atoms with Crippen LogP contribution in [-0.2, 0) is 6.54 Å². The molecule has 0 spiro atoms. The largest absolute Gasteiger partial charge is 0.338 e. The second-order valence-corrected chi connectivity index (χ2v) is 6.39. The molecule has 4 aromatic rings. The molecular weight excluding hydrogens is 356 g/mol. The minimum Gasteiger partial charge on any atom is -0.338 e. The van der Waals surface area contributed by atoms with Gasteiger partial charge in [0.15, 0.2) is 0 Å². The number of carbonyl (C=O) groups excluding carboxylic acids is 1. The number of hydrogen-bond donors (Lipinski definition) is 1. The Kier molecular flexibility index (Phi) is 4.67. The molecule has 1 amide bonds. The number of aromatic nitrogens is 5. The first-order chi connectivity index (χ1) is 13.6. The molecule has 140 valence electrons. The molecule has 0 fully saturated rings. The Morgan fingerprint density at radius 1 is 1.07 bits per heavy atom. The summed E-state index contributed by atoms with van der Waals surface area (Å²) in [6, 6.07) is 17.0. The molecule has 0 saturated heterocycles. The van der Waals surface area contributed by atoms with Crippen LogP contribution in [0, 0.1) is 13.8 Å². The highest BCUT2D eigenvalue weighted by molar-refractivity contribution is 6.04. The van der Waals surface area contributed by atoms with E-state index in [4.69, 9.17) is 4.52 Å². The summed E-state index contributed by atoms with van der Waals surface area (Å²) in [5.41, 5.74) is 3.95. The second-order valence-electron chi connectivity index (χ2n) is 6.39. The molecule has 8 heteroatoms. The van der Waals surface area contributed by atoms with E-state index in [1.807, 2.05) is 56.3 Å². The first-order valence-electron chi connectivity index (χ1n) is 8.76. The monoisotopic (exact) mass is 374 g/mol. The smallest absolute Gasteiger partial charge is 0.258 e. The number of nitrogens with one attached hydrogen (secondary N) is 1. The van der Waals surface area contributed by atoms with Gasteiger partial charge in [0.2, 0.25) is 5.88 Å². The number of hydrogen-bond acceptors (Lipinski definition) is 6. The average molecular weight is 374 g/mol. The van der Waals surface area contributed by atoms with E-state index in [9.17, 15) is 4.79 Å². The minimum atomic E-state index is -0.260. The van der Waals surface area contributed by atoms with Gasteiger partial charge >= 0.3 is 0 Å². The zero-order valence-corrected chi connectivity index (χ0v) is 15.5. The van der Waals surface area contributed by atoms with Crippen LogP contribution in [0.2, 0.25) is 0 Å². The van der Waals surface area contributed by atoms with Gasteiger partial charge in [0.25, 0.3) is 5.91 Å². The minimum absolute atomic E-state index is 0.260. The quantitative estimate of drug-likeness (QED) is 0.576. The van der Waals surface area contributed by atoms with Crippen molar-refractivity contribution >= 4 is 11.8 Å². The van der Waals surface area contributed by atoms with Gasteiger partial charge in [-0.1, -0.05) is 47.6 Å². The lowest BCUT2D eigenvalue weighted by atomic mass is 10.1. The van der Waals surface area contributed by atoms with E-state index in [0.29, 0.717) is 23.7 Å². The maximum atomic E-state index is 12.6. The Labute approximate surface area is 161 Å². The number of nitrogens with zero attached hydrogens (tertiary/aromatic N) is 5. The van der Waals surface area contributed by atoms with Crippen LogP contribution in [0.4, 0.5) is 5.88 Å². The standard InChI is InChI=1S/C20H18N6O2/c1-13-18(16-6-4-3-5-7-16)23-28-20(13)21-19(27)17-10-8-15(9-11-17)12-26-14(2)22-24-25-26/h3-11H,12H2,1-2H3,(H,21,27). The van der Waals surface area contributed by atoms with Crippen LogP contribution in [0.5, 0.6) is 0 Å². The number of rotatable bonds is 5. The van der Waals surface area contributed by atoms with Gasteiger partial charge in [-0.25, -0.2) is 4.68 Å². The van der Waals surface area contributed by atoms with Gasteiger partial charge in [-0.2, -0.15) is 0 Å². The fourth-order valence-electron chi connectivity index (χ4n) is 2.82. The first kappa shape index (κ1) is 17.6. The fourth-order valence-corrected chi connectivity index (χ4v) is 2.82. The molecule has 8 nitrogen and oxygen atoms in total.